The summed E-state index contributed by atoms with van der Waals surface area (Å²) in [5, 5.41) is 3.93. The topological polar surface area (TPSA) is 72.7 Å². The van der Waals surface area contributed by atoms with Gasteiger partial charge in [-0.25, -0.2) is 9.97 Å². The molecule has 4 aromatic rings. The number of nitrogens with zero attached hydrogens (tertiary/aromatic N) is 4. The summed E-state index contributed by atoms with van der Waals surface area (Å²) in [5.74, 6) is 0.448. The van der Waals surface area contributed by atoms with Crippen LogP contribution in [-0.2, 0) is 0 Å². The van der Waals surface area contributed by atoms with E-state index in [1.54, 1.807) is 47.8 Å². The number of anilines is 1. The second-order valence-corrected chi connectivity index (χ2v) is 6.09. The van der Waals surface area contributed by atoms with Crippen LogP contribution in [0.5, 0.6) is 0 Å². The van der Waals surface area contributed by atoms with Gasteiger partial charge >= 0.3 is 0 Å². The summed E-state index contributed by atoms with van der Waals surface area (Å²) in [7, 11) is 0. The Bertz CT molecular complexity index is 1100. The summed E-state index contributed by atoms with van der Waals surface area (Å²) in [5.41, 5.74) is 4.38. The van der Waals surface area contributed by atoms with Crippen molar-refractivity contribution < 1.29 is 4.79 Å². The molecule has 1 amide bonds. The minimum absolute atomic E-state index is 0.192. The van der Waals surface area contributed by atoms with Crippen LogP contribution in [-0.4, -0.2) is 25.4 Å². The standard InChI is InChI=1S/C20H17N5O/c1-13-10-17(16-4-3-6-23-19(16)14(13)2)24-20(26)15-5-7-22-18(11-15)25-9-8-21-12-25/h3-12H,1-2H3,(H,24,26). The van der Waals surface area contributed by atoms with Crippen molar-refractivity contribution in [3.8, 4) is 5.82 Å². The lowest BCUT2D eigenvalue weighted by molar-refractivity contribution is 0.102. The van der Waals surface area contributed by atoms with Crippen LogP contribution >= 0.6 is 0 Å². The van der Waals surface area contributed by atoms with Crippen molar-refractivity contribution in [2.75, 3.05) is 5.32 Å². The normalized spacial score (nSPS) is 10.8. The lowest BCUT2D eigenvalue weighted by atomic mass is 10.0. The van der Waals surface area contributed by atoms with E-state index in [0.717, 1.165) is 27.7 Å². The number of hydrogen-bond donors (Lipinski definition) is 1. The Kier molecular flexibility index (Phi) is 3.93. The minimum atomic E-state index is -0.192. The van der Waals surface area contributed by atoms with Gasteiger partial charge in [0.2, 0.25) is 0 Å². The lowest BCUT2D eigenvalue weighted by Gasteiger charge is -2.13. The largest absolute Gasteiger partial charge is 0.321 e. The summed E-state index contributed by atoms with van der Waals surface area (Å²) < 4.78 is 1.76. The smallest absolute Gasteiger partial charge is 0.255 e. The average Bonchev–Trinajstić information content (AvgIpc) is 3.21. The second-order valence-electron chi connectivity index (χ2n) is 6.09. The van der Waals surface area contributed by atoms with Crippen molar-refractivity contribution in [2.45, 2.75) is 13.8 Å². The van der Waals surface area contributed by atoms with Gasteiger partial charge in [-0.2, -0.15) is 0 Å². The highest BCUT2D eigenvalue weighted by Gasteiger charge is 2.13. The van der Waals surface area contributed by atoms with Crippen molar-refractivity contribution in [1.29, 1.82) is 0 Å². The molecule has 0 spiro atoms. The van der Waals surface area contributed by atoms with Crippen molar-refractivity contribution >= 4 is 22.5 Å². The molecule has 0 saturated heterocycles. The van der Waals surface area contributed by atoms with Crippen molar-refractivity contribution in [2.24, 2.45) is 0 Å². The van der Waals surface area contributed by atoms with E-state index < -0.39 is 0 Å². The van der Waals surface area contributed by atoms with Crippen LogP contribution < -0.4 is 5.32 Å². The summed E-state index contributed by atoms with van der Waals surface area (Å²) in [4.78, 5) is 25.5. The zero-order chi connectivity index (χ0) is 18.1. The summed E-state index contributed by atoms with van der Waals surface area (Å²) >= 11 is 0. The van der Waals surface area contributed by atoms with Gasteiger partial charge in [0.25, 0.3) is 5.91 Å². The van der Waals surface area contributed by atoms with E-state index in [2.05, 4.69) is 20.3 Å². The molecule has 4 rings (SSSR count). The Morgan fingerprint density at radius 3 is 2.77 bits per heavy atom. The molecule has 0 atom stereocenters. The maximum absolute atomic E-state index is 12.8. The summed E-state index contributed by atoms with van der Waals surface area (Å²) in [6, 6.07) is 9.25. The van der Waals surface area contributed by atoms with Gasteiger partial charge in [0.15, 0.2) is 0 Å². The van der Waals surface area contributed by atoms with Crippen LogP contribution in [0.4, 0.5) is 5.69 Å². The molecule has 1 N–H and O–H groups in total. The zero-order valence-corrected chi connectivity index (χ0v) is 14.5. The third-order valence-corrected chi connectivity index (χ3v) is 4.43. The molecule has 0 aliphatic carbocycles. The first-order chi connectivity index (χ1) is 12.6. The van der Waals surface area contributed by atoms with Gasteiger partial charge in [-0.15, -0.1) is 0 Å². The van der Waals surface area contributed by atoms with E-state index in [1.165, 1.54) is 0 Å². The fourth-order valence-electron chi connectivity index (χ4n) is 2.90. The number of aryl methyl sites for hydroxylation is 2. The highest BCUT2D eigenvalue weighted by Crippen LogP contribution is 2.28. The van der Waals surface area contributed by atoms with Crippen LogP contribution in [0.25, 0.3) is 16.7 Å². The fraction of sp³-hybridized carbons (Fsp3) is 0.100. The van der Waals surface area contributed by atoms with Gasteiger partial charge in [0, 0.05) is 35.7 Å². The van der Waals surface area contributed by atoms with Crippen molar-refractivity contribution in [3.05, 3.63) is 78.1 Å². The third-order valence-electron chi connectivity index (χ3n) is 4.43. The molecule has 26 heavy (non-hydrogen) atoms. The summed E-state index contributed by atoms with van der Waals surface area (Å²) in [6.07, 6.45) is 8.48. The molecule has 6 nitrogen and oxygen atoms in total. The Labute approximate surface area is 150 Å². The second kappa shape index (κ2) is 6.40. The number of benzene rings is 1. The van der Waals surface area contributed by atoms with Crippen molar-refractivity contribution in [3.63, 3.8) is 0 Å². The molecule has 3 aromatic heterocycles. The summed E-state index contributed by atoms with van der Waals surface area (Å²) in [6.45, 7) is 4.05. The van der Waals surface area contributed by atoms with E-state index in [0.29, 0.717) is 11.4 Å². The first kappa shape index (κ1) is 16.0. The Hall–Kier alpha value is -3.54. The van der Waals surface area contributed by atoms with Gasteiger partial charge in [-0.3, -0.25) is 14.3 Å². The number of amides is 1. The Morgan fingerprint density at radius 2 is 1.96 bits per heavy atom. The van der Waals surface area contributed by atoms with Crippen molar-refractivity contribution in [1.82, 2.24) is 19.5 Å². The molecule has 128 valence electrons. The predicted octanol–water partition coefficient (Wildman–Crippen LogP) is 3.68. The molecule has 3 heterocycles. The van der Waals surface area contributed by atoms with E-state index in [9.17, 15) is 4.79 Å². The number of nitrogens with one attached hydrogen (secondary N) is 1. The molecule has 0 radical (unpaired) electrons. The maximum atomic E-state index is 12.8. The molecule has 0 unspecified atom stereocenters. The quantitative estimate of drug-likeness (QED) is 0.616. The van der Waals surface area contributed by atoms with E-state index in [1.807, 2.05) is 32.0 Å². The number of rotatable bonds is 3. The molecule has 1 aromatic carbocycles. The number of aromatic nitrogens is 4. The molecular weight excluding hydrogens is 326 g/mol. The first-order valence-corrected chi connectivity index (χ1v) is 8.24. The van der Waals surface area contributed by atoms with E-state index in [-0.39, 0.29) is 5.91 Å². The molecule has 6 heteroatoms. The number of carbonyl (C=O) groups excluding carboxylic acids is 1. The molecular formula is C20H17N5O. The van der Waals surface area contributed by atoms with E-state index >= 15 is 0 Å². The van der Waals surface area contributed by atoms with E-state index in [4.69, 9.17) is 0 Å². The van der Waals surface area contributed by atoms with Gasteiger partial charge < -0.3 is 5.32 Å². The number of fused-ring (bicyclic) bond motifs is 1. The number of pyridine rings is 2. The highest BCUT2D eigenvalue weighted by atomic mass is 16.1. The molecule has 0 aliphatic heterocycles. The van der Waals surface area contributed by atoms with Crippen LogP contribution in [0.3, 0.4) is 0 Å². The van der Waals surface area contributed by atoms with Gasteiger partial charge in [0.05, 0.1) is 11.2 Å². The molecule has 0 aliphatic rings. The fourth-order valence-corrected chi connectivity index (χ4v) is 2.90. The number of hydrogen-bond acceptors (Lipinski definition) is 4. The maximum Gasteiger partial charge on any atom is 0.255 e. The average molecular weight is 343 g/mol. The Balaban J connectivity index is 1.70. The molecule has 0 saturated carbocycles. The Morgan fingerprint density at radius 1 is 1.08 bits per heavy atom. The number of imidazole rings is 1. The van der Waals surface area contributed by atoms with Crippen LogP contribution in [0.15, 0.2) is 61.4 Å². The zero-order valence-electron chi connectivity index (χ0n) is 14.5. The lowest BCUT2D eigenvalue weighted by Crippen LogP contribution is -2.13. The first-order valence-electron chi connectivity index (χ1n) is 8.24. The van der Waals surface area contributed by atoms with Gasteiger partial charge in [-0.1, -0.05) is 0 Å². The van der Waals surface area contributed by atoms with Crippen LogP contribution in [0.2, 0.25) is 0 Å². The molecule has 0 fully saturated rings. The highest BCUT2D eigenvalue weighted by molar-refractivity contribution is 6.09. The van der Waals surface area contributed by atoms with Gasteiger partial charge in [0.1, 0.15) is 12.1 Å². The monoisotopic (exact) mass is 343 g/mol. The third kappa shape index (κ3) is 2.82. The van der Waals surface area contributed by atoms with Crippen LogP contribution in [0, 0.1) is 13.8 Å². The molecule has 0 bridgehead atoms. The van der Waals surface area contributed by atoms with Gasteiger partial charge in [-0.05, 0) is 55.3 Å². The SMILES string of the molecule is Cc1cc(NC(=O)c2ccnc(-n3ccnc3)c2)c2cccnc2c1C. The predicted molar refractivity (Wildman–Crippen MR) is 101 cm³/mol. The number of carbonyl (C=O) groups is 1. The van der Waals surface area contributed by atoms with Crippen LogP contribution in [0.1, 0.15) is 21.5 Å². The minimum Gasteiger partial charge on any atom is -0.321 e.